The van der Waals surface area contributed by atoms with Gasteiger partial charge in [0.1, 0.15) is 11.6 Å². The van der Waals surface area contributed by atoms with Crippen LogP contribution in [0.25, 0.3) is 0 Å². The molecule has 2 heterocycles. The van der Waals surface area contributed by atoms with E-state index in [0.29, 0.717) is 38.5 Å². The minimum absolute atomic E-state index is 0.181. The quantitative estimate of drug-likeness (QED) is 0.527. The van der Waals surface area contributed by atoms with Crippen molar-refractivity contribution in [1.29, 1.82) is 0 Å². The Morgan fingerprint density at radius 2 is 1.71 bits per heavy atom. The Labute approximate surface area is 199 Å². The molecule has 1 aliphatic rings. The van der Waals surface area contributed by atoms with Crippen LogP contribution >= 0.6 is 0 Å². The highest BCUT2D eigenvalue weighted by molar-refractivity contribution is 7.89. The van der Waals surface area contributed by atoms with E-state index in [9.17, 15) is 13.2 Å². The number of carbonyl (C=O) groups is 1. The molecule has 0 aliphatic carbocycles. The third kappa shape index (κ3) is 5.70. The second kappa shape index (κ2) is 10.6. The molecule has 1 N–H and O–H groups in total. The van der Waals surface area contributed by atoms with E-state index in [-0.39, 0.29) is 17.2 Å². The fraction of sp³-hybridized carbons (Fsp3) is 0.292. The van der Waals surface area contributed by atoms with Crippen LogP contribution in [-0.2, 0) is 21.2 Å². The van der Waals surface area contributed by atoms with Gasteiger partial charge in [-0.15, -0.1) is 0 Å². The van der Waals surface area contributed by atoms with E-state index in [0.717, 1.165) is 17.1 Å². The Balaban J connectivity index is 1.33. The number of hydrogen-bond acceptors (Lipinski definition) is 7. The summed E-state index contributed by atoms with van der Waals surface area (Å²) in [6, 6.07) is 13.6. The third-order valence-electron chi connectivity index (χ3n) is 5.49. The number of amides is 1. The molecule has 0 unspecified atom stereocenters. The number of nitrogens with zero attached hydrogens (tertiary/aromatic N) is 4. The van der Waals surface area contributed by atoms with E-state index in [1.165, 1.54) is 16.4 Å². The number of benzene rings is 2. The lowest BCUT2D eigenvalue weighted by Crippen LogP contribution is -2.48. The molecule has 0 bridgehead atoms. The number of nitrogens with one attached hydrogen (secondary N) is 1. The van der Waals surface area contributed by atoms with Gasteiger partial charge in [0.05, 0.1) is 24.1 Å². The van der Waals surface area contributed by atoms with Crippen LogP contribution in [0.2, 0.25) is 0 Å². The van der Waals surface area contributed by atoms with E-state index in [2.05, 4.69) is 15.3 Å². The fourth-order valence-corrected chi connectivity index (χ4v) is 5.15. The summed E-state index contributed by atoms with van der Waals surface area (Å²) in [5, 5.41) is 2.81. The second-order valence-electron chi connectivity index (χ2n) is 7.78. The topological polar surface area (TPSA) is 105 Å². The number of piperazine rings is 1. The lowest BCUT2D eigenvalue weighted by molar-refractivity contribution is -0.115. The van der Waals surface area contributed by atoms with Gasteiger partial charge in [0.25, 0.3) is 0 Å². The Hall–Kier alpha value is -3.50. The van der Waals surface area contributed by atoms with Gasteiger partial charge in [0, 0.05) is 44.3 Å². The summed E-state index contributed by atoms with van der Waals surface area (Å²) in [7, 11) is -3.62. The summed E-state index contributed by atoms with van der Waals surface area (Å²) in [5.41, 5.74) is 1.41. The van der Waals surface area contributed by atoms with Crippen LogP contribution < -0.4 is 15.0 Å². The van der Waals surface area contributed by atoms with Gasteiger partial charge in [-0.1, -0.05) is 12.1 Å². The SMILES string of the molecule is CCOc1ccc(CC(=O)Nc2ccc(S(=O)(=O)N3CCN(c4cnccn4)CC3)cc2)cc1. The first kappa shape index (κ1) is 23.7. The molecular formula is C24H27N5O4S. The Morgan fingerprint density at radius 3 is 2.32 bits per heavy atom. The molecule has 9 nitrogen and oxygen atoms in total. The van der Waals surface area contributed by atoms with E-state index in [4.69, 9.17) is 4.74 Å². The van der Waals surface area contributed by atoms with Crippen molar-refractivity contribution < 1.29 is 17.9 Å². The van der Waals surface area contributed by atoms with Crippen molar-refractivity contribution in [3.05, 3.63) is 72.7 Å². The van der Waals surface area contributed by atoms with Crippen LogP contribution in [0.5, 0.6) is 5.75 Å². The van der Waals surface area contributed by atoms with Crippen molar-refractivity contribution in [2.24, 2.45) is 0 Å². The summed E-state index contributed by atoms with van der Waals surface area (Å²) < 4.78 is 33.0. The van der Waals surface area contributed by atoms with Crippen molar-refractivity contribution in [3.8, 4) is 5.75 Å². The van der Waals surface area contributed by atoms with Crippen molar-refractivity contribution in [2.75, 3.05) is 43.0 Å². The number of carbonyl (C=O) groups excluding carboxylic acids is 1. The minimum Gasteiger partial charge on any atom is -0.494 e. The first-order valence-electron chi connectivity index (χ1n) is 11.1. The predicted octanol–water partition coefficient (Wildman–Crippen LogP) is 2.57. The van der Waals surface area contributed by atoms with Gasteiger partial charge in [-0.05, 0) is 48.9 Å². The van der Waals surface area contributed by atoms with Gasteiger partial charge >= 0.3 is 0 Å². The average molecular weight is 482 g/mol. The lowest BCUT2D eigenvalue weighted by atomic mass is 10.1. The van der Waals surface area contributed by atoms with Crippen molar-refractivity contribution in [2.45, 2.75) is 18.2 Å². The van der Waals surface area contributed by atoms with Crippen molar-refractivity contribution in [3.63, 3.8) is 0 Å². The maximum Gasteiger partial charge on any atom is 0.243 e. The van der Waals surface area contributed by atoms with Crippen LogP contribution in [0.15, 0.2) is 72.0 Å². The van der Waals surface area contributed by atoms with E-state index in [1.54, 1.807) is 30.7 Å². The average Bonchev–Trinajstić information content (AvgIpc) is 2.86. The molecule has 1 saturated heterocycles. The van der Waals surface area contributed by atoms with Crippen LogP contribution in [0, 0.1) is 0 Å². The number of hydrogen-bond donors (Lipinski definition) is 1. The number of anilines is 2. The molecule has 0 spiro atoms. The van der Waals surface area contributed by atoms with Crippen LogP contribution in [0.3, 0.4) is 0 Å². The van der Waals surface area contributed by atoms with Gasteiger partial charge in [-0.2, -0.15) is 4.31 Å². The highest BCUT2D eigenvalue weighted by Gasteiger charge is 2.29. The summed E-state index contributed by atoms with van der Waals surface area (Å²) >= 11 is 0. The van der Waals surface area contributed by atoms with Gasteiger partial charge in [0.2, 0.25) is 15.9 Å². The normalized spacial score (nSPS) is 14.6. The molecule has 4 rings (SSSR count). The van der Waals surface area contributed by atoms with Gasteiger partial charge in [-0.25, -0.2) is 13.4 Å². The first-order chi connectivity index (χ1) is 16.5. The molecule has 1 aliphatic heterocycles. The van der Waals surface area contributed by atoms with Gasteiger partial charge < -0.3 is 15.0 Å². The molecule has 0 saturated carbocycles. The molecule has 34 heavy (non-hydrogen) atoms. The lowest BCUT2D eigenvalue weighted by Gasteiger charge is -2.34. The Morgan fingerprint density at radius 1 is 1.00 bits per heavy atom. The van der Waals surface area contributed by atoms with Crippen LogP contribution in [0.1, 0.15) is 12.5 Å². The maximum absolute atomic E-state index is 13.1. The highest BCUT2D eigenvalue weighted by atomic mass is 32.2. The molecule has 3 aromatic rings. The van der Waals surface area contributed by atoms with Crippen molar-refractivity contribution in [1.82, 2.24) is 14.3 Å². The van der Waals surface area contributed by atoms with Crippen LogP contribution in [0.4, 0.5) is 11.5 Å². The number of sulfonamides is 1. The van der Waals surface area contributed by atoms with E-state index < -0.39 is 10.0 Å². The number of rotatable bonds is 8. The summed E-state index contributed by atoms with van der Waals surface area (Å²) in [6.45, 7) is 4.30. The Kier molecular flexibility index (Phi) is 7.39. The minimum atomic E-state index is -3.62. The first-order valence-corrected chi connectivity index (χ1v) is 12.5. The monoisotopic (exact) mass is 481 g/mol. The maximum atomic E-state index is 13.1. The van der Waals surface area contributed by atoms with Gasteiger partial charge in [0.15, 0.2) is 0 Å². The summed E-state index contributed by atoms with van der Waals surface area (Å²) in [5.74, 6) is 1.32. The third-order valence-corrected chi connectivity index (χ3v) is 7.40. The molecule has 10 heteroatoms. The zero-order valence-electron chi connectivity index (χ0n) is 18.9. The highest BCUT2D eigenvalue weighted by Crippen LogP contribution is 2.21. The van der Waals surface area contributed by atoms with Crippen LogP contribution in [-0.4, -0.2) is 61.4 Å². The summed E-state index contributed by atoms with van der Waals surface area (Å²) in [4.78, 5) is 22.9. The molecular weight excluding hydrogens is 454 g/mol. The predicted molar refractivity (Wildman–Crippen MR) is 129 cm³/mol. The molecule has 1 fully saturated rings. The smallest absolute Gasteiger partial charge is 0.243 e. The van der Waals surface area contributed by atoms with E-state index in [1.807, 2.05) is 36.1 Å². The summed E-state index contributed by atoms with van der Waals surface area (Å²) in [6.07, 6.45) is 5.11. The number of ether oxygens (including phenoxy) is 1. The van der Waals surface area contributed by atoms with E-state index >= 15 is 0 Å². The fourth-order valence-electron chi connectivity index (χ4n) is 3.73. The zero-order valence-corrected chi connectivity index (χ0v) is 19.7. The molecule has 178 valence electrons. The largest absolute Gasteiger partial charge is 0.494 e. The molecule has 1 amide bonds. The van der Waals surface area contributed by atoms with Crippen molar-refractivity contribution >= 4 is 27.4 Å². The molecule has 2 aromatic carbocycles. The Bertz CT molecular complexity index is 1190. The van der Waals surface area contributed by atoms with Gasteiger partial charge in [-0.3, -0.25) is 9.78 Å². The molecule has 0 atom stereocenters. The molecule has 0 radical (unpaired) electrons. The molecule has 1 aromatic heterocycles. The standard InChI is InChI=1S/C24H27N5O4S/c1-2-33-21-7-3-19(4-8-21)17-24(30)27-20-5-9-22(10-6-20)34(31,32)29-15-13-28(14-16-29)23-18-25-11-12-26-23/h3-12,18H,2,13-17H2,1H3,(H,27,30). The second-order valence-corrected chi connectivity index (χ2v) is 9.72. The zero-order chi connectivity index (χ0) is 24.0. The number of aromatic nitrogens is 2.